The van der Waals surface area contributed by atoms with Crippen LogP contribution in [-0.4, -0.2) is 33.7 Å². The predicted molar refractivity (Wildman–Crippen MR) is 76.6 cm³/mol. The number of anilines is 1. The van der Waals surface area contributed by atoms with Gasteiger partial charge in [0.15, 0.2) is 5.65 Å². The Hall–Kier alpha value is -2.11. The summed E-state index contributed by atoms with van der Waals surface area (Å²) in [6.45, 7) is 6.11. The van der Waals surface area contributed by atoms with Gasteiger partial charge in [-0.1, -0.05) is 13.8 Å². The van der Waals surface area contributed by atoms with Crippen LogP contribution >= 0.6 is 0 Å². The maximum Gasteiger partial charge on any atom is 0.328 e. The van der Waals surface area contributed by atoms with Crippen molar-refractivity contribution in [1.82, 2.24) is 14.6 Å². The van der Waals surface area contributed by atoms with Crippen molar-refractivity contribution in [3.8, 4) is 0 Å². The summed E-state index contributed by atoms with van der Waals surface area (Å²) in [5, 5.41) is 7.36. The van der Waals surface area contributed by atoms with Crippen LogP contribution in [0.25, 0.3) is 5.65 Å². The normalized spacial score (nSPS) is 12.7. The molecule has 1 unspecified atom stereocenters. The first kappa shape index (κ1) is 14.3. The lowest BCUT2D eigenvalue weighted by Crippen LogP contribution is -2.32. The Labute approximate surface area is 118 Å². The highest BCUT2D eigenvalue weighted by Crippen LogP contribution is 2.13. The van der Waals surface area contributed by atoms with Crippen molar-refractivity contribution < 1.29 is 9.53 Å². The van der Waals surface area contributed by atoms with Crippen LogP contribution in [0.2, 0.25) is 0 Å². The summed E-state index contributed by atoms with van der Waals surface area (Å²) >= 11 is 0. The summed E-state index contributed by atoms with van der Waals surface area (Å²) in [4.78, 5) is 16.1. The van der Waals surface area contributed by atoms with Crippen molar-refractivity contribution in [2.75, 3.05) is 12.4 Å². The molecular formula is C14H20N4O2. The van der Waals surface area contributed by atoms with Gasteiger partial charge in [0, 0.05) is 6.20 Å². The van der Waals surface area contributed by atoms with Gasteiger partial charge in [-0.05, 0) is 37.0 Å². The summed E-state index contributed by atoms with van der Waals surface area (Å²) < 4.78 is 6.49. The number of aromatic nitrogens is 3. The third kappa shape index (κ3) is 3.26. The molecule has 2 aromatic heterocycles. The molecule has 0 aliphatic heterocycles. The minimum Gasteiger partial charge on any atom is -0.467 e. The number of fused-ring (bicyclic) bond motifs is 1. The largest absolute Gasteiger partial charge is 0.467 e. The zero-order chi connectivity index (χ0) is 14.7. The first-order chi connectivity index (χ1) is 9.49. The number of pyridine rings is 1. The molecule has 0 fully saturated rings. The minimum atomic E-state index is -0.432. The number of nitrogens with one attached hydrogen (secondary N) is 1. The Morgan fingerprint density at radius 3 is 2.90 bits per heavy atom. The number of methoxy groups -OCH3 is 1. The second-order valence-electron chi connectivity index (χ2n) is 5.29. The number of rotatable bonds is 5. The van der Waals surface area contributed by atoms with Gasteiger partial charge in [-0.25, -0.2) is 9.31 Å². The van der Waals surface area contributed by atoms with E-state index in [0.29, 0.717) is 18.3 Å². The Balaban J connectivity index is 2.21. The van der Waals surface area contributed by atoms with Gasteiger partial charge in [-0.2, -0.15) is 4.98 Å². The third-order valence-electron chi connectivity index (χ3n) is 2.99. The van der Waals surface area contributed by atoms with Crippen LogP contribution in [-0.2, 0) is 9.53 Å². The quantitative estimate of drug-likeness (QED) is 0.846. The van der Waals surface area contributed by atoms with Gasteiger partial charge in [0.05, 0.1) is 7.11 Å². The summed E-state index contributed by atoms with van der Waals surface area (Å²) in [5.74, 6) is 0.506. The van der Waals surface area contributed by atoms with Crippen molar-refractivity contribution in [1.29, 1.82) is 0 Å². The summed E-state index contributed by atoms with van der Waals surface area (Å²) in [6.07, 6.45) is 2.51. The van der Waals surface area contributed by atoms with Gasteiger partial charge in [-0.3, -0.25) is 0 Å². The molecule has 6 nitrogen and oxygen atoms in total. The third-order valence-corrected chi connectivity index (χ3v) is 2.99. The monoisotopic (exact) mass is 276 g/mol. The van der Waals surface area contributed by atoms with Gasteiger partial charge < -0.3 is 10.1 Å². The van der Waals surface area contributed by atoms with E-state index in [9.17, 15) is 4.79 Å². The molecule has 6 heteroatoms. The molecule has 0 aliphatic rings. The molecule has 0 aliphatic carbocycles. The molecule has 20 heavy (non-hydrogen) atoms. The molecular weight excluding hydrogens is 256 g/mol. The van der Waals surface area contributed by atoms with Crippen LogP contribution in [0.15, 0.2) is 18.3 Å². The Morgan fingerprint density at radius 2 is 2.25 bits per heavy atom. The average molecular weight is 276 g/mol. The lowest BCUT2D eigenvalue weighted by molar-refractivity contribution is -0.141. The van der Waals surface area contributed by atoms with Crippen molar-refractivity contribution >= 4 is 17.6 Å². The number of nitrogens with zero attached hydrogens (tertiary/aromatic N) is 3. The van der Waals surface area contributed by atoms with Gasteiger partial charge >= 0.3 is 5.97 Å². The number of carbonyl (C=O) groups is 1. The van der Waals surface area contributed by atoms with Gasteiger partial charge in [0.1, 0.15) is 6.04 Å². The summed E-state index contributed by atoms with van der Waals surface area (Å²) in [6, 6.07) is 3.46. The Kier molecular flexibility index (Phi) is 4.22. The predicted octanol–water partition coefficient (Wildman–Crippen LogP) is 2.04. The first-order valence-corrected chi connectivity index (χ1v) is 6.67. The molecule has 0 radical (unpaired) electrons. The van der Waals surface area contributed by atoms with E-state index in [1.807, 2.05) is 25.3 Å². The smallest absolute Gasteiger partial charge is 0.328 e. The van der Waals surface area contributed by atoms with E-state index in [2.05, 4.69) is 29.2 Å². The highest BCUT2D eigenvalue weighted by molar-refractivity contribution is 5.78. The fourth-order valence-electron chi connectivity index (χ4n) is 2.03. The molecule has 0 saturated carbocycles. The van der Waals surface area contributed by atoms with Crippen LogP contribution in [0, 0.1) is 12.8 Å². The minimum absolute atomic E-state index is 0.297. The molecule has 0 spiro atoms. The zero-order valence-corrected chi connectivity index (χ0v) is 12.3. The molecule has 1 atom stereocenters. The van der Waals surface area contributed by atoms with Gasteiger partial charge in [-0.15, -0.1) is 5.10 Å². The van der Waals surface area contributed by atoms with Gasteiger partial charge in [0.2, 0.25) is 5.95 Å². The first-order valence-electron chi connectivity index (χ1n) is 6.67. The SMILES string of the molecule is COC(=O)C(CC(C)C)Nc1nc2cc(C)ccn2n1. The summed E-state index contributed by atoms with van der Waals surface area (Å²) in [7, 11) is 1.39. The number of aryl methyl sites for hydroxylation is 1. The lowest BCUT2D eigenvalue weighted by Gasteiger charge is -2.16. The zero-order valence-electron chi connectivity index (χ0n) is 12.3. The molecule has 0 saturated heterocycles. The van der Waals surface area contributed by atoms with Crippen molar-refractivity contribution in [3.05, 3.63) is 23.9 Å². The van der Waals surface area contributed by atoms with E-state index in [1.54, 1.807) is 4.52 Å². The second kappa shape index (κ2) is 5.90. The average Bonchev–Trinajstić information content (AvgIpc) is 2.77. The highest BCUT2D eigenvalue weighted by Gasteiger charge is 2.21. The molecule has 2 heterocycles. The molecule has 0 aromatic carbocycles. The van der Waals surface area contributed by atoms with E-state index in [4.69, 9.17) is 4.74 Å². The molecule has 2 aromatic rings. The van der Waals surface area contributed by atoms with Crippen LogP contribution in [0.4, 0.5) is 5.95 Å². The molecule has 1 N–H and O–H groups in total. The molecule has 2 rings (SSSR count). The van der Waals surface area contributed by atoms with Crippen molar-refractivity contribution in [2.24, 2.45) is 5.92 Å². The van der Waals surface area contributed by atoms with E-state index in [0.717, 1.165) is 11.2 Å². The van der Waals surface area contributed by atoms with Gasteiger partial charge in [0.25, 0.3) is 0 Å². The van der Waals surface area contributed by atoms with E-state index >= 15 is 0 Å². The van der Waals surface area contributed by atoms with Crippen molar-refractivity contribution in [2.45, 2.75) is 33.2 Å². The maximum atomic E-state index is 11.8. The van der Waals surface area contributed by atoms with E-state index < -0.39 is 6.04 Å². The van der Waals surface area contributed by atoms with Crippen LogP contribution in [0.1, 0.15) is 25.8 Å². The number of ether oxygens (including phenoxy) is 1. The number of esters is 1. The lowest BCUT2D eigenvalue weighted by atomic mass is 10.0. The van der Waals surface area contributed by atoms with Crippen LogP contribution in [0.3, 0.4) is 0 Å². The topological polar surface area (TPSA) is 68.5 Å². The molecule has 108 valence electrons. The van der Waals surface area contributed by atoms with E-state index in [1.165, 1.54) is 7.11 Å². The number of hydrogen-bond acceptors (Lipinski definition) is 5. The summed E-state index contributed by atoms with van der Waals surface area (Å²) in [5.41, 5.74) is 1.86. The maximum absolute atomic E-state index is 11.8. The molecule has 0 amide bonds. The van der Waals surface area contributed by atoms with Crippen LogP contribution < -0.4 is 5.32 Å². The fourth-order valence-corrected chi connectivity index (χ4v) is 2.03. The van der Waals surface area contributed by atoms with Crippen LogP contribution in [0.5, 0.6) is 0 Å². The van der Waals surface area contributed by atoms with E-state index in [-0.39, 0.29) is 5.97 Å². The second-order valence-corrected chi connectivity index (χ2v) is 5.29. The number of hydrogen-bond donors (Lipinski definition) is 1. The molecule has 0 bridgehead atoms. The Morgan fingerprint density at radius 1 is 1.50 bits per heavy atom. The highest BCUT2D eigenvalue weighted by atomic mass is 16.5. The number of carbonyl (C=O) groups excluding carboxylic acids is 1. The Bertz CT molecular complexity index is 606. The standard InChI is InChI=1S/C14H20N4O2/c1-9(2)7-11(13(19)20-4)15-14-16-12-8-10(3)5-6-18(12)17-14/h5-6,8-9,11H,7H2,1-4H3,(H,15,17). The fraction of sp³-hybridized carbons (Fsp3) is 0.500. The van der Waals surface area contributed by atoms with Crippen molar-refractivity contribution in [3.63, 3.8) is 0 Å².